The molecule has 6 heteroatoms. The van der Waals surface area contributed by atoms with E-state index in [0.29, 0.717) is 11.3 Å². The zero-order valence-electron chi connectivity index (χ0n) is 12.7. The van der Waals surface area contributed by atoms with Crippen LogP contribution in [0.1, 0.15) is 30.0 Å². The number of aryl methyl sites for hydroxylation is 1. The van der Waals surface area contributed by atoms with Gasteiger partial charge in [0.15, 0.2) is 11.5 Å². The summed E-state index contributed by atoms with van der Waals surface area (Å²) in [6, 6.07) is 9.01. The first-order valence-electron chi connectivity index (χ1n) is 6.91. The van der Waals surface area contributed by atoms with Gasteiger partial charge in [-0.1, -0.05) is 6.07 Å². The molecule has 3 N–H and O–H groups in total. The van der Waals surface area contributed by atoms with E-state index in [1.165, 1.54) is 24.3 Å². The fraction of sp³-hybridized carbons (Fsp3) is 0.176. The van der Waals surface area contributed by atoms with Crippen molar-refractivity contribution >= 4 is 12.0 Å². The van der Waals surface area contributed by atoms with Gasteiger partial charge in [-0.3, -0.25) is 4.79 Å². The van der Waals surface area contributed by atoms with Gasteiger partial charge in [0, 0.05) is 0 Å². The Bertz CT molecular complexity index is 799. The van der Waals surface area contributed by atoms with Crippen LogP contribution in [0.3, 0.4) is 0 Å². The number of carbonyl (C=O) groups excluding carboxylic acids is 1. The van der Waals surface area contributed by atoms with Gasteiger partial charge in [-0.2, -0.15) is 5.26 Å². The highest BCUT2D eigenvalue weighted by Crippen LogP contribution is 2.26. The van der Waals surface area contributed by atoms with Gasteiger partial charge in [0.25, 0.3) is 5.91 Å². The first-order chi connectivity index (χ1) is 10.9. The van der Waals surface area contributed by atoms with Crippen molar-refractivity contribution < 1.29 is 19.4 Å². The minimum absolute atomic E-state index is 0.120. The fourth-order valence-electron chi connectivity index (χ4n) is 1.98. The van der Waals surface area contributed by atoms with Gasteiger partial charge in [0.2, 0.25) is 0 Å². The topological polar surface area (TPSA) is 106 Å². The molecule has 0 spiro atoms. The molecule has 0 aliphatic carbocycles. The Labute approximate surface area is 133 Å². The summed E-state index contributed by atoms with van der Waals surface area (Å²) in [5, 5.41) is 30.5. The third-order valence-corrected chi connectivity index (χ3v) is 3.21. The van der Waals surface area contributed by atoms with Crippen LogP contribution in [-0.2, 0) is 4.79 Å². The number of rotatable bonds is 4. The van der Waals surface area contributed by atoms with E-state index < -0.39 is 5.91 Å². The van der Waals surface area contributed by atoms with Gasteiger partial charge in [0.1, 0.15) is 23.2 Å². The third kappa shape index (κ3) is 3.92. The number of phenolic OH excluding ortho intramolecular Hbond substituents is 2. The van der Waals surface area contributed by atoms with Gasteiger partial charge < -0.3 is 19.9 Å². The second-order valence-electron chi connectivity index (χ2n) is 5.06. The highest BCUT2D eigenvalue weighted by Gasteiger charge is 2.16. The van der Waals surface area contributed by atoms with E-state index in [4.69, 9.17) is 9.68 Å². The molecule has 0 bridgehead atoms. The van der Waals surface area contributed by atoms with Crippen LogP contribution in [0.15, 0.2) is 40.3 Å². The Balaban J connectivity index is 2.16. The second kappa shape index (κ2) is 6.71. The van der Waals surface area contributed by atoms with Crippen LogP contribution in [0.2, 0.25) is 0 Å². The van der Waals surface area contributed by atoms with E-state index in [-0.39, 0.29) is 23.1 Å². The minimum atomic E-state index is -0.554. The summed E-state index contributed by atoms with van der Waals surface area (Å²) in [5.41, 5.74) is 0.304. The average Bonchev–Trinajstić information content (AvgIpc) is 2.94. The number of aromatic hydroxyl groups is 2. The molecule has 6 nitrogen and oxygen atoms in total. The second-order valence-corrected chi connectivity index (χ2v) is 5.06. The number of nitriles is 1. The molecule has 2 aromatic rings. The molecule has 1 aromatic carbocycles. The number of nitrogens with zero attached hydrogens (tertiary/aromatic N) is 1. The maximum atomic E-state index is 12.2. The predicted molar refractivity (Wildman–Crippen MR) is 83.4 cm³/mol. The summed E-state index contributed by atoms with van der Waals surface area (Å²) >= 11 is 0. The monoisotopic (exact) mass is 312 g/mol. The number of phenols is 2. The lowest BCUT2D eigenvalue weighted by Crippen LogP contribution is -2.27. The normalized spacial score (nSPS) is 12.5. The van der Waals surface area contributed by atoms with Crippen LogP contribution in [0.5, 0.6) is 11.5 Å². The molecule has 1 amide bonds. The van der Waals surface area contributed by atoms with Gasteiger partial charge in [-0.15, -0.1) is 0 Å². The molecule has 0 saturated heterocycles. The third-order valence-electron chi connectivity index (χ3n) is 3.21. The lowest BCUT2D eigenvalue weighted by molar-refractivity contribution is -0.117. The number of benzene rings is 1. The fourth-order valence-corrected chi connectivity index (χ4v) is 1.98. The number of amides is 1. The molecule has 1 atom stereocenters. The molecule has 1 heterocycles. The van der Waals surface area contributed by atoms with Crippen LogP contribution >= 0.6 is 0 Å². The number of hydrogen-bond acceptors (Lipinski definition) is 5. The van der Waals surface area contributed by atoms with E-state index >= 15 is 0 Å². The van der Waals surface area contributed by atoms with E-state index in [1.54, 1.807) is 26.0 Å². The van der Waals surface area contributed by atoms with Crippen molar-refractivity contribution in [3.63, 3.8) is 0 Å². The average molecular weight is 312 g/mol. The molecule has 0 aliphatic rings. The first-order valence-corrected chi connectivity index (χ1v) is 6.91. The number of carbonyl (C=O) groups is 1. The Hall–Kier alpha value is -3.20. The molecular weight excluding hydrogens is 296 g/mol. The SMILES string of the molecule is Cc1ccc(C(C)NC(=O)/C(C#N)=C/c2ccc(O)c(O)c2)o1. The maximum absolute atomic E-state index is 12.2. The zero-order valence-corrected chi connectivity index (χ0v) is 12.7. The van der Waals surface area contributed by atoms with Crippen LogP contribution in [0.4, 0.5) is 0 Å². The van der Waals surface area contributed by atoms with Crippen LogP contribution in [0, 0.1) is 18.3 Å². The van der Waals surface area contributed by atoms with Crippen molar-refractivity contribution in [1.29, 1.82) is 5.26 Å². The summed E-state index contributed by atoms with van der Waals surface area (Å²) in [7, 11) is 0. The van der Waals surface area contributed by atoms with E-state index in [1.807, 2.05) is 6.07 Å². The molecule has 0 fully saturated rings. The van der Waals surface area contributed by atoms with Gasteiger partial charge in [0.05, 0.1) is 6.04 Å². The highest BCUT2D eigenvalue weighted by molar-refractivity contribution is 6.01. The molecule has 1 unspecified atom stereocenters. The Morgan fingerprint density at radius 1 is 1.30 bits per heavy atom. The van der Waals surface area contributed by atoms with Gasteiger partial charge in [-0.25, -0.2) is 0 Å². The van der Waals surface area contributed by atoms with Crippen molar-refractivity contribution in [2.45, 2.75) is 19.9 Å². The summed E-state index contributed by atoms with van der Waals surface area (Å²) < 4.78 is 5.43. The Morgan fingerprint density at radius 2 is 2.04 bits per heavy atom. The standard InChI is InChI=1S/C17H16N2O4/c1-10-3-6-16(23-10)11(2)19-17(22)13(9-18)7-12-4-5-14(20)15(21)8-12/h3-8,11,20-21H,1-2H3,(H,19,22)/b13-7+. The van der Waals surface area contributed by atoms with Gasteiger partial charge in [-0.05, 0) is 49.8 Å². The smallest absolute Gasteiger partial charge is 0.262 e. The molecule has 2 rings (SSSR count). The predicted octanol–water partition coefficient (Wildman–Crippen LogP) is 2.78. The molecule has 1 aromatic heterocycles. The lowest BCUT2D eigenvalue weighted by atomic mass is 10.1. The molecule has 23 heavy (non-hydrogen) atoms. The van der Waals surface area contributed by atoms with Crippen molar-refractivity contribution in [2.75, 3.05) is 0 Å². The van der Waals surface area contributed by atoms with Crippen LogP contribution < -0.4 is 5.32 Å². The van der Waals surface area contributed by atoms with Crippen molar-refractivity contribution in [1.82, 2.24) is 5.32 Å². The molecule has 0 saturated carbocycles. The van der Waals surface area contributed by atoms with E-state index in [9.17, 15) is 15.0 Å². The summed E-state index contributed by atoms with van der Waals surface area (Å²) in [5.74, 6) is 0.177. The number of nitrogens with one attached hydrogen (secondary N) is 1. The van der Waals surface area contributed by atoms with Crippen LogP contribution in [0.25, 0.3) is 6.08 Å². The Morgan fingerprint density at radius 3 is 2.61 bits per heavy atom. The van der Waals surface area contributed by atoms with E-state index in [2.05, 4.69) is 5.32 Å². The number of hydrogen-bond donors (Lipinski definition) is 3. The quantitative estimate of drug-likeness (QED) is 0.457. The van der Waals surface area contributed by atoms with Gasteiger partial charge >= 0.3 is 0 Å². The minimum Gasteiger partial charge on any atom is -0.504 e. The van der Waals surface area contributed by atoms with E-state index in [0.717, 1.165) is 5.76 Å². The molecule has 0 aliphatic heterocycles. The maximum Gasteiger partial charge on any atom is 0.262 e. The highest BCUT2D eigenvalue weighted by atomic mass is 16.3. The van der Waals surface area contributed by atoms with Crippen molar-refractivity contribution in [2.24, 2.45) is 0 Å². The number of furan rings is 1. The first kappa shape index (κ1) is 16.2. The lowest BCUT2D eigenvalue weighted by Gasteiger charge is -2.11. The zero-order chi connectivity index (χ0) is 17.0. The van der Waals surface area contributed by atoms with Crippen LogP contribution in [-0.4, -0.2) is 16.1 Å². The molecular formula is C17H16N2O4. The largest absolute Gasteiger partial charge is 0.504 e. The van der Waals surface area contributed by atoms with Crippen molar-refractivity contribution in [3.05, 3.63) is 53.0 Å². The molecule has 0 radical (unpaired) electrons. The summed E-state index contributed by atoms with van der Waals surface area (Å²) in [6.45, 7) is 3.55. The van der Waals surface area contributed by atoms with Crippen molar-refractivity contribution in [3.8, 4) is 17.6 Å². The Kier molecular flexibility index (Phi) is 4.72. The molecule has 118 valence electrons. The summed E-state index contributed by atoms with van der Waals surface area (Å²) in [4.78, 5) is 12.2. The summed E-state index contributed by atoms with van der Waals surface area (Å²) in [6.07, 6.45) is 1.33.